The van der Waals surface area contributed by atoms with E-state index in [1.165, 1.54) is 0 Å². The molecule has 3 saturated heterocycles. The molecule has 5 nitrogen and oxygen atoms in total. The van der Waals surface area contributed by atoms with Crippen LogP contribution in [0.5, 0.6) is 5.75 Å². The third kappa shape index (κ3) is 5.51. The number of benzene rings is 3. The van der Waals surface area contributed by atoms with Crippen LogP contribution in [0.1, 0.15) is 30.4 Å². The molecule has 6 rings (SSSR count). The SMILES string of the molecule is O=C(OC1C[N+]2(CCCOc3ccccc3)CCC1CC2)C(O)(c1ccccc1)c1ccccc1.[Br-]. The third-order valence-electron chi connectivity index (χ3n) is 7.77. The lowest BCUT2D eigenvalue weighted by Crippen LogP contribution is -3.00. The number of rotatable bonds is 9. The van der Waals surface area contributed by atoms with E-state index in [-0.39, 0.29) is 23.1 Å². The van der Waals surface area contributed by atoms with Crippen LogP contribution in [0, 0.1) is 5.92 Å². The number of para-hydroxylation sites is 1. The van der Waals surface area contributed by atoms with Gasteiger partial charge in [-0.3, -0.25) is 0 Å². The largest absolute Gasteiger partial charge is 1.00 e. The van der Waals surface area contributed by atoms with Gasteiger partial charge in [-0.15, -0.1) is 0 Å². The van der Waals surface area contributed by atoms with Crippen molar-refractivity contribution >= 4 is 5.97 Å². The lowest BCUT2D eigenvalue weighted by Gasteiger charge is -2.52. The van der Waals surface area contributed by atoms with Gasteiger partial charge in [0.1, 0.15) is 12.3 Å². The molecule has 1 unspecified atom stereocenters. The Hall–Kier alpha value is -2.67. The van der Waals surface area contributed by atoms with Crippen molar-refractivity contribution in [1.29, 1.82) is 0 Å². The molecule has 3 aliphatic rings. The molecule has 1 N–H and O–H groups in total. The molecule has 0 aromatic heterocycles. The molecule has 3 aliphatic heterocycles. The molecule has 0 aliphatic carbocycles. The summed E-state index contributed by atoms with van der Waals surface area (Å²) in [5, 5.41) is 11.8. The van der Waals surface area contributed by atoms with Crippen LogP contribution < -0.4 is 21.7 Å². The monoisotopic (exact) mass is 551 g/mol. The number of fused-ring (bicyclic) bond motifs is 3. The van der Waals surface area contributed by atoms with Gasteiger partial charge in [0.05, 0.1) is 26.2 Å². The Balaban J connectivity index is 0.00000304. The second kappa shape index (κ2) is 11.6. The predicted molar refractivity (Wildman–Crippen MR) is 135 cm³/mol. The number of hydrogen-bond donors (Lipinski definition) is 1. The molecule has 36 heavy (non-hydrogen) atoms. The highest BCUT2D eigenvalue weighted by Crippen LogP contribution is 2.38. The second-order valence-electron chi connectivity index (χ2n) is 9.93. The van der Waals surface area contributed by atoms with E-state index in [0.29, 0.717) is 23.7 Å². The molecule has 0 amide bonds. The van der Waals surface area contributed by atoms with Crippen molar-refractivity contribution in [2.24, 2.45) is 5.92 Å². The topological polar surface area (TPSA) is 55.8 Å². The van der Waals surface area contributed by atoms with Crippen molar-refractivity contribution in [3.8, 4) is 5.75 Å². The summed E-state index contributed by atoms with van der Waals surface area (Å²) in [7, 11) is 0. The Morgan fingerprint density at radius 1 is 0.861 bits per heavy atom. The zero-order valence-electron chi connectivity index (χ0n) is 20.5. The lowest BCUT2D eigenvalue weighted by atomic mass is 9.82. The first-order valence-corrected chi connectivity index (χ1v) is 12.7. The van der Waals surface area contributed by atoms with Gasteiger partial charge in [0, 0.05) is 25.2 Å². The van der Waals surface area contributed by atoms with Crippen LogP contribution in [-0.2, 0) is 15.1 Å². The van der Waals surface area contributed by atoms with Crippen molar-refractivity contribution in [1.82, 2.24) is 0 Å². The highest BCUT2D eigenvalue weighted by molar-refractivity contribution is 5.85. The molecule has 190 valence electrons. The second-order valence-corrected chi connectivity index (χ2v) is 9.93. The standard InChI is InChI=1S/C30H34NO4.BrH/c32-29(30(33,25-11-4-1-5-12-25)26-13-6-2-7-14-26)35-28-23-31(20-17-24(28)18-21-31)19-10-22-34-27-15-8-3-9-16-27;/h1-9,11-16,24,28,33H,10,17-23H2;1H/q+1;/p-1. The quantitative estimate of drug-likeness (QED) is 0.249. The summed E-state index contributed by atoms with van der Waals surface area (Å²) in [6.07, 6.45) is 2.87. The highest BCUT2D eigenvalue weighted by Gasteiger charge is 2.50. The first kappa shape index (κ1) is 26.4. The van der Waals surface area contributed by atoms with Gasteiger partial charge < -0.3 is 36.0 Å². The van der Waals surface area contributed by atoms with E-state index in [4.69, 9.17) is 9.47 Å². The van der Waals surface area contributed by atoms with Crippen LogP contribution in [0.4, 0.5) is 0 Å². The van der Waals surface area contributed by atoms with Crippen molar-refractivity contribution < 1.29 is 40.8 Å². The minimum absolute atomic E-state index is 0. The number of aliphatic hydroxyl groups is 1. The number of carbonyl (C=O) groups excluding carboxylic acids is 1. The average Bonchev–Trinajstić information content (AvgIpc) is 2.93. The molecule has 0 radical (unpaired) electrons. The summed E-state index contributed by atoms with van der Waals surface area (Å²) in [6.45, 7) is 4.73. The minimum Gasteiger partial charge on any atom is -1.00 e. The fourth-order valence-corrected chi connectivity index (χ4v) is 5.76. The maximum Gasteiger partial charge on any atom is 0.348 e. The summed E-state index contributed by atoms with van der Waals surface area (Å²) in [4.78, 5) is 13.6. The minimum atomic E-state index is -1.83. The fraction of sp³-hybridized carbons (Fsp3) is 0.367. The number of quaternary nitrogens is 1. The van der Waals surface area contributed by atoms with Crippen LogP contribution >= 0.6 is 0 Å². The first-order valence-electron chi connectivity index (χ1n) is 12.7. The highest BCUT2D eigenvalue weighted by atomic mass is 79.9. The number of piperidine rings is 3. The van der Waals surface area contributed by atoms with Crippen LogP contribution in [0.3, 0.4) is 0 Å². The molecule has 3 aromatic carbocycles. The summed E-state index contributed by atoms with van der Waals surface area (Å²) in [5.74, 6) is 0.673. The fourth-order valence-electron chi connectivity index (χ4n) is 5.76. The van der Waals surface area contributed by atoms with E-state index >= 15 is 0 Å². The van der Waals surface area contributed by atoms with Gasteiger partial charge in [0.15, 0.2) is 6.10 Å². The normalized spacial score (nSPS) is 22.9. The summed E-state index contributed by atoms with van der Waals surface area (Å²) >= 11 is 0. The summed E-state index contributed by atoms with van der Waals surface area (Å²) < 4.78 is 13.0. The first-order chi connectivity index (χ1) is 17.1. The predicted octanol–water partition coefficient (Wildman–Crippen LogP) is 1.55. The Morgan fingerprint density at radius 2 is 1.39 bits per heavy atom. The van der Waals surface area contributed by atoms with E-state index in [1.807, 2.05) is 66.7 Å². The van der Waals surface area contributed by atoms with Crippen LogP contribution in [0.15, 0.2) is 91.0 Å². The van der Waals surface area contributed by atoms with E-state index in [9.17, 15) is 9.90 Å². The summed E-state index contributed by atoms with van der Waals surface area (Å²) in [6, 6.07) is 28.1. The number of halogens is 1. The van der Waals surface area contributed by atoms with E-state index in [0.717, 1.165) is 55.7 Å². The van der Waals surface area contributed by atoms with Crippen LogP contribution in [0.2, 0.25) is 0 Å². The number of esters is 1. The van der Waals surface area contributed by atoms with Crippen LogP contribution in [-0.4, -0.2) is 54.4 Å². The van der Waals surface area contributed by atoms with Gasteiger partial charge in [-0.2, -0.15) is 0 Å². The van der Waals surface area contributed by atoms with Gasteiger partial charge in [0.25, 0.3) is 0 Å². The van der Waals surface area contributed by atoms with E-state index < -0.39 is 11.6 Å². The average molecular weight is 553 g/mol. The molecule has 3 aromatic rings. The van der Waals surface area contributed by atoms with Crippen molar-refractivity contribution in [3.63, 3.8) is 0 Å². The Labute approximate surface area is 224 Å². The zero-order chi connectivity index (χ0) is 24.1. The molecule has 1 atom stereocenters. The molecule has 6 heteroatoms. The van der Waals surface area contributed by atoms with Gasteiger partial charge in [0.2, 0.25) is 5.60 Å². The van der Waals surface area contributed by atoms with Crippen molar-refractivity contribution in [3.05, 3.63) is 102 Å². The van der Waals surface area contributed by atoms with Crippen molar-refractivity contribution in [2.45, 2.75) is 31.0 Å². The molecule has 3 heterocycles. The number of carbonyl (C=O) groups is 1. The molecule has 3 fully saturated rings. The van der Waals surface area contributed by atoms with Gasteiger partial charge in [-0.05, 0) is 23.3 Å². The molecular formula is C30H34BrNO4. The van der Waals surface area contributed by atoms with Crippen LogP contribution in [0.25, 0.3) is 0 Å². The summed E-state index contributed by atoms with van der Waals surface area (Å²) in [5.41, 5.74) is -0.776. The Morgan fingerprint density at radius 3 is 1.94 bits per heavy atom. The third-order valence-corrected chi connectivity index (χ3v) is 7.77. The number of nitrogens with zero attached hydrogens (tertiary/aromatic N) is 1. The number of hydrogen-bond acceptors (Lipinski definition) is 4. The van der Waals surface area contributed by atoms with E-state index in [2.05, 4.69) is 0 Å². The maximum absolute atomic E-state index is 13.6. The molecule has 0 spiro atoms. The smallest absolute Gasteiger partial charge is 0.348 e. The maximum atomic E-state index is 13.6. The van der Waals surface area contributed by atoms with Crippen molar-refractivity contribution in [2.75, 3.05) is 32.8 Å². The number of ether oxygens (including phenoxy) is 2. The van der Waals surface area contributed by atoms with Gasteiger partial charge in [-0.25, -0.2) is 4.79 Å². The lowest BCUT2D eigenvalue weighted by molar-refractivity contribution is -0.946. The zero-order valence-corrected chi connectivity index (χ0v) is 22.1. The Bertz CT molecular complexity index is 1060. The molecule has 0 saturated carbocycles. The molecule has 2 bridgehead atoms. The van der Waals surface area contributed by atoms with Gasteiger partial charge in [-0.1, -0.05) is 78.9 Å². The molecular weight excluding hydrogens is 518 g/mol. The van der Waals surface area contributed by atoms with E-state index in [1.54, 1.807) is 24.3 Å². The Kier molecular flexibility index (Phi) is 8.50. The van der Waals surface area contributed by atoms with Gasteiger partial charge >= 0.3 is 5.97 Å².